The first-order valence-electron chi connectivity index (χ1n) is 13.6. The van der Waals surface area contributed by atoms with Crippen molar-refractivity contribution in [3.8, 4) is 44.2 Å². The molecule has 0 saturated heterocycles. The van der Waals surface area contributed by atoms with Gasteiger partial charge in [0.05, 0.1) is 0 Å². The SMILES string of the molecule is CC(C)(C)c1cc2c3c(c(-c4ccccc4)sc3c1)-c1cc(-c3ccccc3)cc3c1B2c1ccccc1O3. The van der Waals surface area contributed by atoms with E-state index in [0.29, 0.717) is 0 Å². The molecule has 39 heavy (non-hydrogen) atoms. The topological polar surface area (TPSA) is 9.23 Å². The van der Waals surface area contributed by atoms with E-state index in [1.54, 1.807) is 0 Å². The fourth-order valence-corrected chi connectivity index (χ4v) is 7.69. The number of ether oxygens (including phenoxy) is 1. The normalized spacial score (nSPS) is 13.2. The Morgan fingerprint density at radius 2 is 1.33 bits per heavy atom. The highest BCUT2D eigenvalue weighted by Gasteiger charge is 2.41. The van der Waals surface area contributed by atoms with Crippen molar-refractivity contribution in [2.45, 2.75) is 26.2 Å². The molecule has 2 aliphatic heterocycles. The largest absolute Gasteiger partial charge is 0.458 e. The van der Waals surface area contributed by atoms with Gasteiger partial charge in [0.25, 0.3) is 6.71 Å². The Morgan fingerprint density at radius 1 is 0.641 bits per heavy atom. The molecular weight excluding hydrogens is 491 g/mol. The molecule has 6 aromatic rings. The van der Waals surface area contributed by atoms with E-state index in [1.165, 1.54) is 64.7 Å². The first-order valence-corrected chi connectivity index (χ1v) is 14.5. The van der Waals surface area contributed by atoms with E-state index in [0.717, 1.165) is 11.5 Å². The van der Waals surface area contributed by atoms with Crippen LogP contribution in [-0.4, -0.2) is 6.71 Å². The number of benzene rings is 5. The van der Waals surface area contributed by atoms with Crippen molar-refractivity contribution in [3.05, 3.63) is 115 Å². The summed E-state index contributed by atoms with van der Waals surface area (Å²) in [5.41, 5.74) is 11.7. The van der Waals surface area contributed by atoms with Crippen LogP contribution >= 0.6 is 11.3 Å². The van der Waals surface area contributed by atoms with Crippen LogP contribution in [0.2, 0.25) is 0 Å². The lowest BCUT2D eigenvalue weighted by Crippen LogP contribution is -2.57. The molecule has 3 heteroatoms. The molecule has 5 aromatic carbocycles. The van der Waals surface area contributed by atoms with Crippen LogP contribution in [0, 0.1) is 0 Å². The van der Waals surface area contributed by atoms with Crippen LogP contribution in [0.15, 0.2) is 109 Å². The first kappa shape index (κ1) is 22.9. The summed E-state index contributed by atoms with van der Waals surface area (Å²) in [4.78, 5) is 1.34. The van der Waals surface area contributed by atoms with E-state index in [2.05, 4.69) is 130 Å². The van der Waals surface area contributed by atoms with Gasteiger partial charge >= 0.3 is 0 Å². The van der Waals surface area contributed by atoms with E-state index >= 15 is 0 Å². The highest BCUT2D eigenvalue weighted by atomic mass is 32.1. The molecule has 3 heterocycles. The molecule has 8 rings (SSSR count). The van der Waals surface area contributed by atoms with E-state index in [9.17, 15) is 0 Å². The van der Waals surface area contributed by atoms with Crippen LogP contribution in [0.3, 0.4) is 0 Å². The highest BCUT2D eigenvalue weighted by Crippen LogP contribution is 2.49. The maximum Gasteiger partial charge on any atom is 0.252 e. The Morgan fingerprint density at radius 3 is 2.08 bits per heavy atom. The monoisotopic (exact) mass is 518 g/mol. The lowest BCUT2D eigenvalue weighted by Gasteiger charge is -2.34. The van der Waals surface area contributed by atoms with Gasteiger partial charge in [0.1, 0.15) is 11.5 Å². The highest BCUT2D eigenvalue weighted by molar-refractivity contribution is 7.23. The lowest BCUT2D eigenvalue weighted by atomic mass is 9.33. The van der Waals surface area contributed by atoms with Crippen LogP contribution < -0.4 is 21.1 Å². The minimum Gasteiger partial charge on any atom is -0.458 e. The summed E-state index contributed by atoms with van der Waals surface area (Å²) >= 11 is 1.93. The standard InChI is InChI=1S/C36H27BOS/c1-36(2,3)25-20-28-33-31(21-25)39-35(23-14-8-5-9-15-23)32(33)26-18-24(22-12-6-4-7-13-22)19-30-34(26)37(28)27-16-10-11-17-29(27)38-30/h4-21H,1-3H3. The number of para-hydroxylation sites is 1. The molecule has 186 valence electrons. The Bertz CT molecular complexity index is 1910. The Kier molecular flexibility index (Phi) is 4.81. The van der Waals surface area contributed by atoms with Gasteiger partial charge in [-0.3, -0.25) is 0 Å². The van der Waals surface area contributed by atoms with Crippen LogP contribution in [0.1, 0.15) is 26.3 Å². The molecule has 0 aliphatic carbocycles. The predicted molar refractivity (Wildman–Crippen MR) is 168 cm³/mol. The second-order valence-electron chi connectivity index (χ2n) is 11.7. The van der Waals surface area contributed by atoms with Crippen LogP contribution in [0.5, 0.6) is 11.5 Å². The van der Waals surface area contributed by atoms with E-state index in [1.807, 2.05) is 11.3 Å². The van der Waals surface area contributed by atoms with E-state index < -0.39 is 0 Å². The third-order valence-electron chi connectivity index (χ3n) is 8.29. The van der Waals surface area contributed by atoms with E-state index in [-0.39, 0.29) is 12.1 Å². The third-order valence-corrected chi connectivity index (χ3v) is 9.48. The molecule has 1 nitrogen and oxygen atoms in total. The molecule has 0 spiro atoms. The zero-order valence-electron chi connectivity index (χ0n) is 22.3. The van der Waals surface area contributed by atoms with Gasteiger partial charge in [-0.25, -0.2) is 0 Å². The number of rotatable bonds is 2. The summed E-state index contributed by atoms with van der Waals surface area (Å²) in [6.45, 7) is 7.10. The molecule has 0 radical (unpaired) electrons. The lowest BCUT2D eigenvalue weighted by molar-refractivity contribution is 0.488. The zero-order valence-corrected chi connectivity index (χ0v) is 23.1. The van der Waals surface area contributed by atoms with Gasteiger partial charge in [0.2, 0.25) is 0 Å². The van der Waals surface area contributed by atoms with E-state index in [4.69, 9.17) is 4.74 Å². The molecule has 0 fully saturated rings. The second-order valence-corrected chi connectivity index (χ2v) is 12.8. The molecule has 0 saturated carbocycles. The predicted octanol–water partition coefficient (Wildman–Crippen LogP) is 8.14. The quantitative estimate of drug-likeness (QED) is 0.210. The summed E-state index contributed by atoms with van der Waals surface area (Å²) in [5.74, 6) is 1.93. The maximum atomic E-state index is 6.72. The van der Waals surface area contributed by atoms with Crippen LogP contribution in [0.4, 0.5) is 0 Å². The van der Waals surface area contributed by atoms with Gasteiger partial charge < -0.3 is 4.74 Å². The van der Waals surface area contributed by atoms with Gasteiger partial charge in [-0.15, -0.1) is 11.3 Å². The fraction of sp³-hybridized carbons (Fsp3) is 0.111. The van der Waals surface area contributed by atoms with Crippen molar-refractivity contribution in [1.29, 1.82) is 0 Å². The van der Waals surface area contributed by atoms with Gasteiger partial charge in [-0.05, 0) is 73.8 Å². The summed E-state index contributed by atoms with van der Waals surface area (Å²) in [6.07, 6.45) is 0. The van der Waals surface area contributed by atoms with Gasteiger partial charge in [0.15, 0.2) is 0 Å². The fourth-order valence-electron chi connectivity index (χ4n) is 6.39. The van der Waals surface area contributed by atoms with Crippen molar-refractivity contribution in [2.24, 2.45) is 0 Å². The number of hydrogen-bond donors (Lipinski definition) is 0. The van der Waals surface area contributed by atoms with Crippen LogP contribution in [0.25, 0.3) is 42.8 Å². The average molecular weight is 518 g/mol. The zero-order chi connectivity index (χ0) is 26.3. The third kappa shape index (κ3) is 3.39. The summed E-state index contributed by atoms with van der Waals surface area (Å²) in [6, 6.07) is 39.8. The molecule has 0 atom stereocenters. The average Bonchev–Trinajstić information content (AvgIpc) is 3.35. The molecule has 0 amide bonds. The number of fused-ring (bicyclic) bond motifs is 4. The van der Waals surface area contributed by atoms with Crippen molar-refractivity contribution in [2.75, 3.05) is 0 Å². The molecule has 0 bridgehead atoms. The minimum atomic E-state index is 0.0483. The molecular formula is C36H27BOS. The van der Waals surface area contributed by atoms with Crippen molar-refractivity contribution in [1.82, 2.24) is 0 Å². The van der Waals surface area contributed by atoms with Crippen molar-refractivity contribution >= 4 is 44.5 Å². The number of thiophene rings is 1. The summed E-state index contributed by atoms with van der Waals surface area (Å²) in [7, 11) is 0. The number of hydrogen-bond acceptors (Lipinski definition) is 2. The Balaban J connectivity index is 1.55. The second kappa shape index (κ2) is 8.21. The van der Waals surface area contributed by atoms with Crippen LogP contribution in [-0.2, 0) is 5.41 Å². The van der Waals surface area contributed by atoms with Crippen molar-refractivity contribution in [3.63, 3.8) is 0 Å². The summed E-state index contributed by atoms with van der Waals surface area (Å²) in [5, 5.41) is 1.40. The smallest absolute Gasteiger partial charge is 0.252 e. The Hall–Kier alpha value is -4.08. The molecule has 1 aromatic heterocycles. The maximum absolute atomic E-state index is 6.72. The Labute approximate surface area is 233 Å². The first-order chi connectivity index (χ1) is 19.0. The van der Waals surface area contributed by atoms with Gasteiger partial charge in [-0.1, -0.05) is 111 Å². The van der Waals surface area contributed by atoms with Gasteiger partial charge in [0, 0.05) is 15.1 Å². The van der Waals surface area contributed by atoms with Gasteiger partial charge in [-0.2, -0.15) is 0 Å². The molecule has 2 aliphatic rings. The van der Waals surface area contributed by atoms with Crippen molar-refractivity contribution < 1.29 is 4.74 Å². The summed E-state index contributed by atoms with van der Waals surface area (Å²) < 4.78 is 8.09. The minimum absolute atomic E-state index is 0.0483. The molecule has 0 unspecified atom stereocenters. The molecule has 0 N–H and O–H groups in total.